The van der Waals surface area contributed by atoms with Crippen molar-refractivity contribution in [1.82, 2.24) is 0 Å². The highest BCUT2D eigenvalue weighted by molar-refractivity contribution is 9.10. The van der Waals surface area contributed by atoms with Gasteiger partial charge in [0.2, 0.25) is 0 Å². The Labute approximate surface area is 143 Å². The quantitative estimate of drug-likeness (QED) is 0.344. The second kappa shape index (κ2) is 5.18. The van der Waals surface area contributed by atoms with Crippen LogP contribution in [0.4, 0.5) is 0 Å². The van der Waals surface area contributed by atoms with E-state index in [1.807, 2.05) is 48.5 Å². The molecular weight excluding hydrogens is 404 g/mol. The van der Waals surface area contributed by atoms with Crippen LogP contribution in [-0.2, 0) is 0 Å². The average molecular weight is 414 g/mol. The van der Waals surface area contributed by atoms with Gasteiger partial charge in [-0.1, -0.05) is 56.1 Å². The lowest BCUT2D eigenvalue weighted by Gasteiger charge is -2.00. The molecule has 0 spiro atoms. The summed E-state index contributed by atoms with van der Waals surface area (Å²) in [5.74, 6) is 0. The molecule has 0 heterocycles. The van der Waals surface area contributed by atoms with Crippen LogP contribution in [0, 0.1) is 0 Å². The molecular formula is C19H10Br2O. The lowest BCUT2D eigenvalue weighted by Crippen LogP contribution is -1.98. The molecule has 0 fully saturated rings. The molecule has 4 rings (SSSR count). The van der Waals surface area contributed by atoms with Crippen LogP contribution >= 0.6 is 31.9 Å². The highest BCUT2D eigenvalue weighted by Crippen LogP contribution is 2.31. The second-order valence-corrected chi connectivity index (χ2v) is 7.09. The molecule has 0 N–H and O–H groups in total. The standard InChI is InChI=1S/C19H10Br2O/c20-11-5-7-15-17(9-11)13-3-1-2-4-14(13)18-10-12(21)6-8-16(18)19(15)22/h1-10H. The minimum atomic E-state index is 0.0706. The maximum Gasteiger partial charge on any atom is 0.194 e. The summed E-state index contributed by atoms with van der Waals surface area (Å²) >= 11 is 7.03. The Bertz CT molecular complexity index is 1030. The van der Waals surface area contributed by atoms with Crippen molar-refractivity contribution in [3.05, 3.63) is 79.8 Å². The monoisotopic (exact) mass is 412 g/mol. The fourth-order valence-corrected chi connectivity index (χ4v) is 3.69. The van der Waals surface area contributed by atoms with E-state index in [1.54, 1.807) is 0 Å². The van der Waals surface area contributed by atoms with Crippen LogP contribution < -0.4 is 5.43 Å². The van der Waals surface area contributed by atoms with Gasteiger partial charge in [0, 0.05) is 19.7 Å². The van der Waals surface area contributed by atoms with Crippen LogP contribution in [0.2, 0.25) is 0 Å². The van der Waals surface area contributed by atoms with Crippen LogP contribution in [0.5, 0.6) is 0 Å². The summed E-state index contributed by atoms with van der Waals surface area (Å²) in [7, 11) is 0. The van der Waals surface area contributed by atoms with Crippen LogP contribution in [0.25, 0.3) is 32.3 Å². The van der Waals surface area contributed by atoms with E-state index in [-0.39, 0.29) is 5.43 Å². The molecule has 0 bridgehead atoms. The van der Waals surface area contributed by atoms with Crippen LogP contribution in [0.1, 0.15) is 0 Å². The van der Waals surface area contributed by atoms with Crippen molar-refractivity contribution in [2.24, 2.45) is 0 Å². The molecule has 0 aliphatic carbocycles. The summed E-state index contributed by atoms with van der Waals surface area (Å²) in [6.45, 7) is 0. The normalized spacial score (nSPS) is 11.4. The first-order valence-corrected chi connectivity index (χ1v) is 8.47. The number of benzene rings is 3. The lowest BCUT2D eigenvalue weighted by atomic mass is 10.1. The van der Waals surface area contributed by atoms with Crippen LogP contribution in [-0.4, -0.2) is 0 Å². The van der Waals surface area contributed by atoms with Gasteiger partial charge >= 0.3 is 0 Å². The number of fused-ring (bicyclic) bond motifs is 5. The third kappa shape index (κ3) is 2.08. The Morgan fingerprint density at radius 2 is 1.00 bits per heavy atom. The number of hydrogen-bond donors (Lipinski definition) is 0. The Hall–Kier alpha value is -1.71. The van der Waals surface area contributed by atoms with E-state index in [1.165, 1.54) is 0 Å². The Morgan fingerprint density at radius 3 is 1.45 bits per heavy atom. The van der Waals surface area contributed by atoms with E-state index in [2.05, 4.69) is 44.0 Å². The zero-order valence-electron chi connectivity index (χ0n) is 11.4. The molecule has 0 aliphatic rings. The van der Waals surface area contributed by atoms with Gasteiger partial charge in [0.1, 0.15) is 0 Å². The minimum Gasteiger partial charge on any atom is -0.289 e. The number of hydrogen-bond acceptors (Lipinski definition) is 1. The van der Waals surface area contributed by atoms with E-state index in [4.69, 9.17) is 0 Å². The van der Waals surface area contributed by atoms with Gasteiger partial charge in [-0.05, 0) is 57.9 Å². The summed E-state index contributed by atoms with van der Waals surface area (Å²) < 4.78 is 1.95. The van der Waals surface area contributed by atoms with Gasteiger partial charge in [-0.3, -0.25) is 4.79 Å². The first-order valence-electron chi connectivity index (χ1n) is 6.89. The maximum absolute atomic E-state index is 13.0. The molecule has 0 amide bonds. The zero-order valence-corrected chi connectivity index (χ0v) is 14.6. The molecule has 0 unspecified atom stereocenters. The second-order valence-electron chi connectivity index (χ2n) is 5.25. The summed E-state index contributed by atoms with van der Waals surface area (Å²) in [5.41, 5.74) is 0.0706. The first-order chi connectivity index (χ1) is 10.6. The molecule has 3 heteroatoms. The van der Waals surface area contributed by atoms with Crippen LogP contribution in [0.3, 0.4) is 0 Å². The van der Waals surface area contributed by atoms with Crippen molar-refractivity contribution in [2.75, 3.05) is 0 Å². The summed E-state index contributed by atoms with van der Waals surface area (Å²) in [6, 6.07) is 19.8. The van der Waals surface area contributed by atoms with Crippen molar-refractivity contribution < 1.29 is 0 Å². The fourth-order valence-electron chi connectivity index (χ4n) is 2.97. The van der Waals surface area contributed by atoms with Gasteiger partial charge in [0.15, 0.2) is 5.43 Å². The average Bonchev–Trinajstić information content (AvgIpc) is 2.62. The Balaban J connectivity index is 2.49. The molecule has 0 radical (unpaired) electrons. The van der Waals surface area contributed by atoms with Crippen LogP contribution in [0.15, 0.2) is 74.4 Å². The van der Waals surface area contributed by atoms with E-state index in [0.29, 0.717) is 0 Å². The molecule has 106 valence electrons. The van der Waals surface area contributed by atoms with E-state index < -0.39 is 0 Å². The van der Waals surface area contributed by atoms with Crippen molar-refractivity contribution >= 4 is 64.2 Å². The van der Waals surface area contributed by atoms with Crippen molar-refractivity contribution in [3.8, 4) is 0 Å². The summed E-state index contributed by atoms with van der Waals surface area (Å²) in [4.78, 5) is 13.0. The SMILES string of the molecule is O=c1c2ccc(Br)cc2c2ccccc2c2cc(Br)ccc12. The highest BCUT2D eigenvalue weighted by Gasteiger charge is 2.09. The molecule has 22 heavy (non-hydrogen) atoms. The van der Waals surface area contributed by atoms with Crippen molar-refractivity contribution in [3.63, 3.8) is 0 Å². The third-order valence-corrected chi connectivity index (χ3v) is 4.95. The lowest BCUT2D eigenvalue weighted by molar-refractivity contribution is 1.70. The maximum atomic E-state index is 13.0. The molecule has 0 saturated heterocycles. The topological polar surface area (TPSA) is 17.1 Å². The first kappa shape index (κ1) is 13.9. The number of rotatable bonds is 0. The largest absolute Gasteiger partial charge is 0.289 e. The minimum absolute atomic E-state index is 0.0706. The van der Waals surface area contributed by atoms with Gasteiger partial charge in [-0.25, -0.2) is 0 Å². The van der Waals surface area contributed by atoms with E-state index in [9.17, 15) is 4.79 Å². The van der Waals surface area contributed by atoms with Gasteiger partial charge in [-0.2, -0.15) is 0 Å². The molecule has 4 aromatic carbocycles. The fraction of sp³-hybridized carbons (Fsp3) is 0. The smallest absolute Gasteiger partial charge is 0.194 e. The third-order valence-electron chi connectivity index (χ3n) is 3.96. The Morgan fingerprint density at radius 1 is 0.545 bits per heavy atom. The van der Waals surface area contributed by atoms with Gasteiger partial charge < -0.3 is 0 Å². The Kier molecular flexibility index (Phi) is 3.28. The summed E-state index contributed by atoms with van der Waals surface area (Å²) in [6.07, 6.45) is 0. The number of halogens is 2. The molecule has 1 nitrogen and oxygen atoms in total. The molecule has 4 aromatic rings. The predicted molar refractivity (Wildman–Crippen MR) is 101 cm³/mol. The van der Waals surface area contributed by atoms with E-state index >= 15 is 0 Å². The zero-order chi connectivity index (χ0) is 15.3. The van der Waals surface area contributed by atoms with Crippen molar-refractivity contribution in [2.45, 2.75) is 0 Å². The molecule has 0 atom stereocenters. The highest BCUT2D eigenvalue weighted by atomic mass is 79.9. The van der Waals surface area contributed by atoms with Gasteiger partial charge in [0.25, 0.3) is 0 Å². The van der Waals surface area contributed by atoms with Crippen molar-refractivity contribution in [1.29, 1.82) is 0 Å². The molecule has 0 aliphatic heterocycles. The predicted octanol–water partition coefficient (Wildman–Crippen LogP) is 6.03. The summed E-state index contributed by atoms with van der Waals surface area (Å²) in [5, 5.41) is 5.62. The van der Waals surface area contributed by atoms with E-state index in [0.717, 1.165) is 41.3 Å². The molecule has 0 aromatic heterocycles. The van der Waals surface area contributed by atoms with Gasteiger partial charge in [0.05, 0.1) is 0 Å². The van der Waals surface area contributed by atoms with Gasteiger partial charge in [-0.15, -0.1) is 0 Å². The molecule has 0 saturated carbocycles.